The highest BCUT2D eigenvalue weighted by Crippen LogP contribution is 2.30. The number of nitriles is 1. The van der Waals surface area contributed by atoms with Crippen LogP contribution in [0.4, 0.5) is 0 Å². The summed E-state index contributed by atoms with van der Waals surface area (Å²) in [5, 5.41) is 10.8. The van der Waals surface area contributed by atoms with Gasteiger partial charge in [0.25, 0.3) is 5.91 Å². The summed E-state index contributed by atoms with van der Waals surface area (Å²) in [7, 11) is 0. The number of esters is 1. The van der Waals surface area contributed by atoms with Gasteiger partial charge in [0.2, 0.25) is 0 Å². The summed E-state index contributed by atoms with van der Waals surface area (Å²) >= 11 is 0. The van der Waals surface area contributed by atoms with Gasteiger partial charge in [0, 0.05) is 6.54 Å². The fourth-order valence-electron chi connectivity index (χ4n) is 1.69. The summed E-state index contributed by atoms with van der Waals surface area (Å²) in [5.74, 6) is -0.0141. The largest absolute Gasteiger partial charge is 0.486 e. The third-order valence-corrected chi connectivity index (χ3v) is 2.67. The lowest BCUT2D eigenvalue weighted by molar-refractivity contribution is -0.124. The molecule has 1 heterocycles. The van der Waals surface area contributed by atoms with Crippen molar-refractivity contribution in [1.82, 2.24) is 5.32 Å². The van der Waals surface area contributed by atoms with Crippen LogP contribution in [0.3, 0.4) is 0 Å². The summed E-state index contributed by atoms with van der Waals surface area (Å²) in [6.07, 6.45) is 0.210. The van der Waals surface area contributed by atoms with Crippen molar-refractivity contribution in [2.24, 2.45) is 0 Å². The third kappa shape index (κ3) is 4.11. The zero-order valence-corrected chi connectivity index (χ0v) is 11.3. The lowest BCUT2D eigenvalue weighted by Crippen LogP contribution is -2.29. The van der Waals surface area contributed by atoms with Crippen LogP contribution in [-0.2, 0) is 9.53 Å². The first kappa shape index (κ1) is 14.7. The second-order valence-electron chi connectivity index (χ2n) is 4.19. The molecule has 0 fully saturated rings. The van der Waals surface area contributed by atoms with Crippen LogP contribution in [0.15, 0.2) is 18.2 Å². The van der Waals surface area contributed by atoms with E-state index in [-0.39, 0.29) is 18.5 Å². The van der Waals surface area contributed by atoms with Crippen LogP contribution in [-0.4, -0.2) is 38.2 Å². The topological polar surface area (TPSA) is 97.7 Å². The number of carbonyl (C=O) groups is 2. The van der Waals surface area contributed by atoms with E-state index in [1.165, 1.54) is 6.07 Å². The fourth-order valence-corrected chi connectivity index (χ4v) is 1.69. The molecule has 0 radical (unpaired) electrons. The van der Waals surface area contributed by atoms with Gasteiger partial charge in [-0.25, -0.2) is 4.79 Å². The van der Waals surface area contributed by atoms with Gasteiger partial charge in [0.1, 0.15) is 13.2 Å². The van der Waals surface area contributed by atoms with Crippen molar-refractivity contribution in [3.8, 4) is 17.6 Å². The highest BCUT2D eigenvalue weighted by molar-refractivity contribution is 5.92. The van der Waals surface area contributed by atoms with Crippen LogP contribution < -0.4 is 14.8 Å². The van der Waals surface area contributed by atoms with Gasteiger partial charge in [-0.3, -0.25) is 4.79 Å². The average Bonchev–Trinajstić information content (AvgIpc) is 2.52. The summed E-state index contributed by atoms with van der Waals surface area (Å²) in [4.78, 5) is 23.2. The molecule has 0 bridgehead atoms. The molecule has 1 aliphatic rings. The first-order valence-corrected chi connectivity index (χ1v) is 6.41. The van der Waals surface area contributed by atoms with Crippen molar-refractivity contribution < 1.29 is 23.8 Å². The number of hydrogen-bond donors (Lipinski definition) is 1. The van der Waals surface area contributed by atoms with Crippen LogP contribution >= 0.6 is 0 Å². The van der Waals surface area contributed by atoms with E-state index < -0.39 is 18.5 Å². The van der Waals surface area contributed by atoms with E-state index in [0.29, 0.717) is 24.7 Å². The monoisotopic (exact) mass is 290 g/mol. The second kappa shape index (κ2) is 7.14. The number of carbonyl (C=O) groups excluding carboxylic acids is 2. The first-order valence-electron chi connectivity index (χ1n) is 6.41. The molecule has 0 saturated carbocycles. The van der Waals surface area contributed by atoms with E-state index in [0.717, 1.165) is 0 Å². The normalized spacial score (nSPS) is 12.1. The summed E-state index contributed by atoms with van der Waals surface area (Å²) < 4.78 is 15.6. The summed E-state index contributed by atoms with van der Waals surface area (Å²) in [6.45, 7) is 0.738. The van der Waals surface area contributed by atoms with Crippen molar-refractivity contribution in [3.63, 3.8) is 0 Å². The molecule has 110 valence electrons. The van der Waals surface area contributed by atoms with Crippen molar-refractivity contribution in [2.45, 2.75) is 6.42 Å². The van der Waals surface area contributed by atoms with Crippen LogP contribution in [0, 0.1) is 11.3 Å². The molecule has 2 rings (SSSR count). The lowest BCUT2D eigenvalue weighted by atomic mass is 10.2. The van der Waals surface area contributed by atoms with Crippen LogP contribution in [0.1, 0.15) is 16.8 Å². The van der Waals surface area contributed by atoms with Gasteiger partial charge in [-0.05, 0) is 18.2 Å². The average molecular weight is 290 g/mol. The Hall–Kier alpha value is -2.75. The minimum atomic E-state index is -0.623. The summed E-state index contributed by atoms with van der Waals surface area (Å²) in [5.41, 5.74) is 0.282. The minimum Gasteiger partial charge on any atom is -0.486 e. The number of amides is 1. The van der Waals surface area contributed by atoms with E-state index in [4.69, 9.17) is 19.5 Å². The molecule has 0 unspecified atom stereocenters. The smallest absolute Gasteiger partial charge is 0.338 e. The van der Waals surface area contributed by atoms with Crippen molar-refractivity contribution in [1.29, 1.82) is 5.26 Å². The van der Waals surface area contributed by atoms with Crippen molar-refractivity contribution in [2.75, 3.05) is 26.4 Å². The highest BCUT2D eigenvalue weighted by Gasteiger charge is 2.16. The van der Waals surface area contributed by atoms with Crippen LogP contribution in [0.5, 0.6) is 11.5 Å². The molecule has 0 saturated heterocycles. The number of nitrogens with one attached hydrogen (secondary N) is 1. The predicted octanol–water partition coefficient (Wildman–Crippen LogP) is 0.644. The van der Waals surface area contributed by atoms with Gasteiger partial charge in [-0.1, -0.05) is 0 Å². The number of rotatable bonds is 5. The van der Waals surface area contributed by atoms with Gasteiger partial charge in [0.05, 0.1) is 18.1 Å². The molecule has 1 aromatic carbocycles. The standard InChI is InChI=1S/C14H14N2O5/c15-4-1-5-16-13(17)9-21-14(18)10-2-3-11-12(8-10)20-7-6-19-11/h2-3,8H,1,5-7,9H2,(H,16,17). The van der Waals surface area contributed by atoms with Crippen molar-refractivity contribution in [3.05, 3.63) is 23.8 Å². The van der Waals surface area contributed by atoms with Gasteiger partial charge in [-0.2, -0.15) is 5.26 Å². The minimum absolute atomic E-state index is 0.210. The Balaban J connectivity index is 1.86. The first-order chi connectivity index (χ1) is 10.2. The molecule has 1 amide bonds. The Morgan fingerprint density at radius 3 is 2.81 bits per heavy atom. The maximum atomic E-state index is 11.8. The molecule has 1 aromatic rings. The van der Waals surface area contributed by atoms with Crippen molar-refractivity contribution >= 4 is 11.9 Å². The molecule has 21 heavy (non-hydrogen) atoms. The second-order valence-corrected chi connectivity index (χ2v) is 4.19. The van der Waals surface area contributed by atoms with Gasteiger partial charge >= 0.3 is 5.97 Å². The molecule has 0 aliphatic carbocycles. The number of benzene rings is 1. The van der Waals surface area contributed by atoms with Crippen LogP contribution in [0.2, 0.25) is 0 Å². The molecule has 0 spiro atoms. The Morgan fingerprint density at radius 1 is 1.29 bits per heavy atom. The van der Waals surface area contributed by atoms with Crippen LogP contribution in [0.25, 0.3) is 0 Å². The molecule has 1 N–H and O–H groups in total. The molecule has 0 atom stereocenters. The number of nitrogens with zero attached hydrogens (tertiary/aromatic N) is 1. The zero-order valence-electron chi connectivity index (χ0n) is 11.3. The molecule has 0 aromatic heterocycles. The van der Waals surface area contributed by atoms with E-state index in [1.54, 1.807) is 12.1 Å². The molecule has 1 aliphatic heterocycles. The van der Waals surface area contributed by atoms with Gasteiger partial charge < -0.3 is 19.5 Å². The molecular weight excluding hydrogens is 276 g/mol. The third-order valence-electron chi connectivity index (χ3n) is 2.67. The fraction of sp³-hybridized carbons (Fsp3) is 0.357. The molecular formula is C14H14N2O5. The SMILES string of the molecule is N#CCCNC(=O)COC(=O)c1ccc2c(c1)OCCO2. The van der Waals surface area contributed by atoms with E-state index >= 15 is 0 Å². The maximum absolute atomic E-state index is 11.8. The lowest BCUT2D eigenvalue weighted by Gasteiger charge is -2.18. The summed E-state index contributed by atoms with van der Waals surface area (Å²) in [6, 6.07) is 6.58. The molecule has 7 heteroatoms. The quantitative estimate of drug-likeness (QED) is 0.631. The Kier molecular flexibility index (Phi) is 4.99. The highest BCUT2D eigenvalue weighted by atomic mass is 16.6. The zero-order chi connectivity index (χ0) is 15.1. The van der Waals surface area contributed by atoms with E-state index in [9.17, 15) is 9.59 Å². The molecule has 7 nitrogen and oxygen atoms in total. The van der Waals surface area contributed by atoms with E-state index in [2.05, 4.69) is 5.32 Å². The number of ether oxygens (including phenoxy) is 3. The Bertz CT molecular complexity index is 579. The number of hydrogen-bond acceptors (Lipinski definition) is 6. The maximum Gasteiger partial charge on any atom is 0.338 e. The van der Waals surface area contributed by atoms with Gasteiger partial charge in [0.15, 0.2) is 18.1 Å². The Labute approximate surface area is 121 Å². The number of fused-ring (bicyclic) bond motifs is 1. The Morgan fingerprint density at radius 2 is 2.05 bits per heavy atom. The predicted molar refractivity (Wildman–Crippen MR) is 71.0 cm³/mol. The van der Waals surface area contributed by atoms with Gasteiger partial charge in [-0.15, -0.1) is 0 Å². The van der Waals surface area contributed by atoms with E-state index in [1.807, 2.05) is 6.07 Å².